The van der Waals surface area contributed by atoms with Crippen molar-refractivity contribution >= 4 is 5.97 Å². The molecule has 0 unspecified atom stereocenters. The van der Waals surface area contributed by atoms with Crippen molar-refractivity contribution in [1.82, 2.24) is 0 Å². The molecule has 90 valence electrons. The summed E-state index contributed by atoms with van der Waals surface area (Å²) in [5, 5.41) is 10.1. The summed E-state index contributed by atoms with van der Waals surface area (Å²) in [7, 11) is 0. The molecule has 1 rings (SSSR count). The van der Waals surface area contributed by atoms with Gasteiger partial charge >= 0.3 is 57.4 Å². The molecule has 0 aliphatic heterocycles. The molecule has 3 nitrogen and oxygen atoms in total. The minimum Gasteiger partial charge on any atom is -0.850 e. The van der Waals surface area contributed by atoms with Gasteiger partial charge < -0.3 is 9.84 Å². The molecule has 0 radical (unpaired) electrons. The normalized spacial score (nSPS) is 15.4. The van der Waals surface area contributed by atoms with Crippen molar-refractivity contribution in [2.75, 3.05) is 0 Å². The van der Waals surface area contributed by atoms with Crippen LogP contribution < -0.4 is 56.5 Å². The molecule has 1 aliphatic carbocycles. The number of carbonyl (C=O) groups excluding carboxylic acids is 1. The minimum atomic E-state index is -0.750. The van der Waals surface area contributed by atoms with Crippen LogP contribution in [0.25, 0.3) is 0 Å². The SMILES string of the molecule is CC(C)(C)OC(=O)C1CC1.CC(C)(C)[O-].[K+]. The molecule has 16 heavy (non-hydrogen) atoms. The first-order valence-electron chi connectivity index (χ1n) is 5.42. The Balaban J connectivity index is 0. The van der Waals surface area contributed by atoms with Gasteiger partial charge in [0.25, 0.3) is 0 Å². The average molecular weight is 254 g/mol. The predicted octanol–water partition coefficient (Wildman–Crippen LogP) is -1.11. The molecular weight excluding hydrogens is 231 g/mol. The van der Waals surface area contributed by atoms with E-state index in [1.54, 1.807) is 20.8 Å². The molecule has 0 N–H and O–H groups in total. The summed E-state index contributed by atoms with van der Waals surface area (Å²) in [6.07, 6.45) is 2.05. The summed E-state index contributed by atoms with van der Waals surface area (Å²) in [4.78, 5) is 11.0. The van der Waals surface area contributed by atoms with Gasteiger partial charge in [-0.15, -0.1) is 5.60 Å². The van der Waals surface area contributed by atoms with E-state index in [2.05, 4.69) is 0 Å². The zero-order valence-corrected chi connectivity index (χ0v) is 14.8. The first-order valence-corrected chi connectivity index (χ1v) is 5.42. The van der Waals surface area contributed by atoms with Gasteiger partial charge in [0, 0.05) is 0 Å². The van der Waals surface area contributed by atoms with Gasteiger partial charge in [0.05, 0.1) is 5.92 Å². The first-order chi connectivity index (χ1) is 6.49. The largest absolute Gasteiger partial charge is 1.00 e. The van der Waals surface area contributed by atoms with Crippen molar-refractivity contribution < 1.29 is 66.0 Å². The predicted molar refractivity (Wildman–Crippen MR) is 58.3 cm³/mol. The molecule has 0 aromatic carbocycles. The Kier molecular flexibility index (Phi) is 9.08. The number of ether oxygens (including phenoxy) is 1. The van der Waals surface area contributed by atoms with Gasteiger partial charge in [0.15, 0.2) is 0 Å². The number of hydrogen-bond donors (Lipinski definition) is 0. The van der Waals surface area contributed by atoms with E-state index in [4.69, 9.17) is 4.74 Å². The second kappa shape index (κ2) is 7.49. The van der Waals surface area contributed by atoms with Crippen molar-refractivity contribution in [2.24, 2.45) is 5.92 Å². The molecule has 0 atom stereocenters. The second-order valence-corrected chi connectivity index (χ2v) is 5.92. The van der Waals surface area contributed by atoms with E-state index in [1.165, 1.54) is 0 Å². The third-order valence-electron chi connectivity index (χ3n) is 1.32. The van der Waals surface area contributed by atoms with Crippen molar-refractivity contribution in [1.29, 1.82) is 0 Å². The van der Waals surface area contributed by atoms with Crippen molar-refractivity contribution in [3.63, 3.8) is 0 Å². The molecule has 0 heterocycles. The van der Waals surface area contributed by atoms with Crippen LogP contribution in [-0.2, 0) is 9.53 Å². The molecule has 0 saturated heterocycles. The van der Waals surface area contributed by atoms with Crippen LogP contribution in [-0.4, -0.2) is 17.2 Å². The van der Waals surface area contributed by atoms with E-state index in [1.807, 2.05) is 20.8 Å². The smallest absolute Gasteiger partial charge is 0.850 e. The molecule has 1 fully saturated rings. The standard InChI is InChI=1S/C8H14O2.C4H9O.K/c1-8(2,3)10-7(9)6-4-5-6;1-4(2,3)5;/h6H,4-5H2,1-3H3;1-3H3;/q;-1;+1. The molecule has 0 spiro atoms. The zero-order chi connectivity index (χ0) is 12.3. The Morgan fingerprint density at radius 3 is 1.62 bits per heavy atom. The fourth-order valence-electron chi connectivity index (χ4n) is 0.704. The monoisotopic (exact) mass is 254 g/mol. The third-order valence-corrected chi connectivity index (χ3v) is 1.32. The number of rotatable bonds is 1. The molecule has 0 aromatic heterocycles. The van der Waals surface area contributed by atoms with E-state index in [0.29, 0.717) is 0 Å². The van der Waals surface area contributed by atoms with Crippen molar-refractivity contribution in [2.45, 2.75) is 65.6 Å². The van der Waals surface area contributed by atoms with Crippen LogP contribution in [0.4, 0.5) is 0 Å². The summed E-state index contributed by atoms with van der Waals surface area (Å²) >= 11 is 0. The maximum atomic E-state index is 11.0. The number of hydrogen-bond acceptors (Lipinski definition) is 3. The Bertz CT molecular complexity index is 203. The van der Waals surface area contributed by atoms with E-state index < -0.39 is 5.60 Å². The summed E-state index contributed by atoms with van der Waals surface area (Å²) in [6.45, 7) is 10.6. The van der Waals surface area contributed by atoms with Crippen LogP contribution in [0.1, 0.15) is 54.4 Å². The second-order valence-electron chi connectivity index (χ2n) is 5.92. The maximum Gasteiger partial charge on any atom is 1.00 e. The maximum absolute atomic E-state index is 11.0. The van der Waals surface area contributed by atoms with Crippen LogP contribution in [0.5, 0.6) is 0 Å². The van der Waals surface area contributed by atoms with Gasteiger partial charge in [0.1, 0.15) is 5.60 Å². The van der Waals surface area contributed by atoms with Crippen LogP contribution in [0.3, 0.4) is 0 Å². The molecular formula is C12H23KO3. The molecule has 4 heteroatoms. The Labute approximate surface area is 142 Å². The van der Waals surface area contributed by atoms with Crippen LogP contribution in [0.15, 0.2) is 0 Å². The molecule has 1 saturated carbocycles. The van der Waals surface area contributed by atoms with E-state index >= 15 is 0 Å². The summed E-state index contributed by atoms with van der Waals surface area (Å²) in [6, 6.07) is 0. The topological polar surface area (TPSA) is 49.4 Å². The minimum absolute atomic E-state index is 0. The van der Waals surface area contributed by atoms with E-state index in [9.17, 15) is 9.90 Å². The van der Waals surface area contributed by atoms with Crippen molar-refractivity contribution in [3.05, 3.63) is 0 Å². The quantitative estimate of drug-likeness (QED) is 0.440. The Morgan fingerprint density at radius 2 is 1.44 bits per heavy atom. The number of carbonyl (C=O) groups is 1. The summed E-state index contributed by atoms with van der Waals surface area (Å²) in [5.41, 5.74) is -1.06. The zero-order valence-electron chi connectivity index (χ0n) is 11.7. The van der Waals surface area contributed by atoms with Gasteiger partial charge in [-0.05, 0) is 33.6 Å². The van der Waals surface area contributed by atoms with Crippen LogP contribution in [0, 0.1) is 5.92 Å². The van der Waals surface area contributed by atoms with Gasteiger partial charge in [-0.25, -0.2) is 0 Å². The van der Waals surface area contributed by atoms with E-state index in [0.717, 1.165) is 12.8 Å². The molecule has 1 aliphatic rings. The van der Waals surface area contributed by atoms with Gasteiger partial charge in [-0.1, -0.05) is 20.8 Å². The van der Waals surface area contributed by atoms with Crippen LogP contribution >= 0.6 is 0 Å². The summed E-state index contributed by atoms with van der Waals surface area (Å²) in [5.74, 6) is 0.201. The van der Waals surface area contributed by atoms with Gasteiger partial charge in [-0.3, -0.25) is 4.79 Å². The first kappa shape index (κ1) is 19.4. The Morgan fingerprint density at radius 1 is 1.12 bits per heavy atom. The van der Waals surface area contributed by atoms with Crippen LogP contribution in [0.2, 0.25) is 0 Å². The van der Waals surface area contributed by atoms with Gasteiger partial charge in [0.2, 0.25) is 0 Å². The molecule has 0 aromatic rings. The van der Waals surface area contributed by atoms with Gasteiger partial charge in [-0.2, -0.15) is 0 Å². The fourth-order valence-corrected chi connectivity index (χ4v) is 0.704. The third kappa shape index (κ3) is 17.5. The average Bonchev–Trinajstić information content (AvgIpc) is 2.56. The molecule has 0 bridgehead atoms. The summed E-state index contributed by atoms with van der Waals surface area (Å²) < 4.78 is 5.12. The Hall–Kier alpha value is 1.07. The van der Waals surface area contributed by atoms with E-state index in [-0.39, 0.29) is 68.9 Å². The fraction of sp³-hybridized carbons (Fsp3) is 0.917. The van der Waals surface area contributed by atoms with Crippen molar-refractivity contribution in [3.8, 4) is 0 Å². The number of esters is 1. The molecule has 0 amide bonds.